The highest BCUT2D eigenvalue weighted by atomic mass is 19.1. The number of hydrogen-bond donors (Lipinski definition) is 1. The van der Waals surface area contributed by atoms with Crippen molar-refractivity contribution in [1.82, 2.24) is 19.8 Å². The molecule has 7 heteroatoms. The SMILES string of the molecule is CC(Cn1ccnc1)C(=O)N1C[C@H](F)C[C@H]1C(=O)N[C@@H](c1ccccc1)c1ccc(C(C)C)cc1. The molecule has 1 aromatic heterocycles. The minimum atomic E-state index is -1.23. The van der Waals surface area contributed by atoms with Crippen LogP contribution < -0.4 is 5.32 Å². The first-order valence-electron chi connectivity index (χ1n) is 12.2. The van der Waals surface area contributed by atoms with E-state index in [-0.39, 0.29) is 24.8 Å². The Hall–Kier alpha value is -3.48. The summed E-state index contributed by atoms with van der Waals surface area (Å²) >= 11 is 0. The Morgan fingerprint density at radius 1 is 1.03 bits per heavy atom. The fourth-order valence-electron chi connectivity index (χ4n) is 4.67. The van der Waals surface area contributed by atoms with Gasteiger partial charge in [-0.3, -0.25) is 9.59 Å². The van der Waals surface area contributed by atoms with Crippen LogP contribution in [0.3, 0.4) is 0 Å². The average Bonchev–Trinajstić information content (AvgIpc) is 3.52. The molecule has 1 N–H and O–H groups in total. The van der Waals surface area contributed by atoms with Gasteiger partial charge in [-0.25, -0.2) is 9.37 Å². The van der Waals surface area contributed by atoms with Crippen LogP contribution >= 0.6 is 0 Å². The van der Waals surface area contributed by atoms with Gasteiger partial charge in [-0.2, -0.15) is 0 Å². The highest BCUT2D eigenvalue weighted by molar-refractivity contribution is 5.89. The molecule has 184 valence electrons. The number of aromatic nitrogens is 2. The van der Waals surface area contributed by atoms with Crippen molar-refractivity contribution in [3.05, 3.63) is 90.0 Å². The molecule has 0 bridgehead atoms. The average molecular weight is 477 g/mol. The summed E-state index contributed by atoms with van der Waals surface area (Å²) in [4.78, 5) is 32.1. The predicted octanol–water partition coefficient (Wildman–Crippen LogP) is 4.49. The Bertz CT molecular complexity index is 1120. The largest absolute Gasteiger partial charge is 0.343 e. The van der Waals surface area contributed by atoms with E-state index in [9.17, 15) is 14.0 Å². The van der Waals surface area contributed by atoms with Crippen molar-refractivity contribution in [3.63, 3.8) is 0 Å². The monoisotopic (exact) mass is 476 g/mol. The number of amides is 2. The van der Waals surface area contributed by atoms with Gasteiger partial charge in [0.05, 0.1) is 24.8 Å². The van der Waals surface area contributed by atoms with Gasteiger partial charge in [0.15, 0.2) is 0 Å². The molecule has 0 aliphatic carbocycles. The number of hydrogen-bond acceptors (Lipinski definition) is 3. The number of carbonyl (C=O) groups is 2. The number of imidazole rings is 1. The van der Waals surface area contributed by atoms with Gasteiger partial charge in [0.2, 0.25) is 11.8 Å². The van der Waals surface area contributed by atoms with E-state index in [1.54, 1.807) is 25.6 Å². The summed E-state index contributed by atoms with van der Waals surface area (Å²) in [5.41, 5.74) is 3.08. The second-order valence-corrected chi connectivity index (χ2v) is 9.67. The number of alkyl halides is 1. The molecule has 0 saturated carbocycles. The van der Waals surface area contributed by atoms with Crippen LogP contribution in [0.4, 0.5) is 4.39 Å². The molecule has 6 nitrogen and oxygen atoms in total. The third-order valence-corrected chi connectivity index (χ3v) is 6.66. The number of rotatable bonds is 8. The maximum absolute atomic E-state index is 14.5. The fourth-order valence-corrected chi connectivity index (χ4v) is 4.67. The van der Waals surface area contributed by atoms with Crippen molar-refractivity contribution in [2.75, 3.05) is 6.54 Å². The first kappa shape index (κ1) is 24.6. The zero-order valence-corrected chi connectivity index (χ0v) is 20.5. The van der Waals surface area contributed by atoms with Crippen molar-refractivity contribution in [3.8, 4) is 0 Å². The van der Waals surface area contributed by atoms with Gasteiger partial charge in [0.25, 0.3) is 0 Å². The third-order valence-electron chi connectivity index (χ3n) is 6.66. The fraction of sp³-hybridized carbons (Fsp3) is 0.393. The van der Waals surface area contributed by atoms with E-state index < -0.39 is 24.2 Å². The van der Waals surface area contributed by atoms with E-state index in [2.05, 4.69) is 36.3 Å². The van der Waals surface area contributed by atoms with E-state index in [4.69, 9.17) is 0 Å². The lowest BCUT2D eigenvalue weighted by Crippen LogP contribution is -2.48. The van der Waals surface area contributed by atoms with E-state index in [1.807, 2.05) is 47.0 Å². The number of halogens is 1. The number of carbonyl (C=O) groups excluding carboxylic acids is 2. The number of likely N-dealkylation sites (tertiary alicyclic amines) is 1. The Morgan fingerprint density at radius 3 is 2.31 bits per heavy atom. The van der Waals surface area contributed by atoms with E-state index >= 15 is 0 Å². The first-order chi connectivity index (χ1) is 16.8. The molecule has 3 aromatic rings. The summed E-state index contributed by atoms with van der Waals surface area (Å²) in [6.45, 7) is 6.43. The minimum Gasteiger partial charge on any atom is -0.343 e. The standard InChI is InChI=1S/C28H33FN4O2/c1-19(2)21-9-11-23(12-10-21)26(22-7-5-4-6-8-22)31-27(34)25-15-24(29)17-33(25)28(35)20(3)16-32-14-13-30-18-32/h4-14,18-20,24-26H,15-17H2,1-3H3,(H,31,34)/t20?,24-,25+,26+/m1/s1. The van der Waals surface area contributed by atoms with E-state index in [0.717, 1.165) is 11.1 Å². The molecule has 2 heterocycles. The Kier molecular flexibility index (Phi) is 7.63. The molecular formula is C28H33FN4O2. The smallest absolute Gasteiger partial charge is 0.243 e. The maximum Gasteiger partial charge on any atom is 0.243 e. The molecule has 4 rings (SSSR count). The Morgan fingerprint density at radius 2 is 1.69 bits per heavy atom. The Balaban J connectivity index is 1.54. The molecule has 4 atom stereocenters. The first-order valence-corrected chi connectivity index (χ1v) is 12.2. The molecule has 2 aromatic carbocycles. The summed E-state index contributed by atoms with van der Waals surface area (Å²) in [5, 5.41) is 3.12. The lowest BCUT2D eigenvalue weighted by molar-refractivity contribution is -0.141. The molecule has 0 radical (unpaired) electrons. The van der Waals surface area contributed by atoms with Crippen molar-refractivity contribution < 1.29 is 14.0 Å². The Labute approximate surface area is 206 Å². The molecular weight excluding hydrogens is 443 g/mol. The maximum atomic E-state index is 14.5. The molecule has 0 spiro atoms. The second-order valence-electron chi connectivity index (χ2n) is 9.67. The number of nitrogens with zero attached hydrogens (tertiary/aromatic N) is 3. The normalized spacial score (nSPS) is 19.5. The zero-order chi connectivity index (χ0) is 24.9. The number of benzene rings is 2. The molecule has 1 unspecified atom stereocenters. The van der Waals surface area contributed by atoms with Gasteiger partial charge < -0.3 is 14.8 Å². The van der Waals surface area contributed by atoms with Gasteiger partial charge in [0, 0.05) is 25.4 Å². The van der Waals surface area contributed by atoms with Crippen LogP contribution in [-0.2, 0) is 16.1 Å². The van der Waals surface area contributed by atoms with Crippen LogP contribution in [-0.4, -0.2) is 45.0 Å². The molecule has 1 aliphatic heterocycles. The van der Waals surface area contributed by atoms with Crippen LogP contribution in [0.1, 0.15) is 55.8 Å². The van der Waals surface area contributed by atoms with Crippen molar-refractivity contribution >= 4 is 11.8 Å². The van der Waals surface area contributed by atoms with E-state index in [0.29, 0.717) is 12.5 Å². The van der Waals surface area contributed by atoms with Crippen LogP contribution in [0.5, 0.6) is 0 Å². The van der Waals surface area contributed by atoms with Crippen LogP contribution in [0.25, 0.3) is 0 Å². The van der Waals surface area contributed by atoms with Gasteiger partial charge in [-0.1, -0.05) is 75.4 Å². The molecule has 2 amide bonds. The van der Waals surface area contributed by atoms with E-state index in [1.165, 1.54) is 10.5 Å². The van der Waals surface area contributed by atoms with Crippen molar-refractivity contribution in [1.29, 1.82) is 0 Å². The van der Waals surface area contributed by atoms with Gasteiger partial charge >= 0.3 is 0 Å². The lowest BCUT2D eigenvalue weighted by Gasteiger charge is -2.29. The van der Waals surface area contributed by atoms with Crippen LogP contribution in [0, 0.1) is 5.92 Å². The summed E-state index contributed by atoms with van der Waals surface area (Å²) in [5.74, 6) is -0.567. The molecule has 35 heavy (non-hydrogen) atoms. The van der Waals surface area contributed by atoms with Gasteiger partial charge in [-0.05, 0) is 22.6 Å². The van der Waals surface area contributed by atoms with Gasteiger partial charge in [-0.15, -0.1) is 0 Å². The lowest BCUT2D eigenvalue weighted by atomic mass is 9.95. The van der Waals surface area contributed by atoms with Crippen molar-refractivity contribution in [2.45, 2.75) is 57.9 Å². The summed E-state index contributed by atoms with van der Waals surface area (Å²) in [7, 11) is 0. The topological polar surface area (TPSA) is 67.2 Å². The van der Waals surface area contributed by atoms with Crippen LogP contribution in [0.15, 0.2) is 73.3 Å². The zero-order valence-electron chi connectivity index (χ0n) is 20.5. The van der Waals surface area contributed by atoms with Crippen molar-refractivity contribution in [2.24, 2.45) is 5.92 Å². The second kappa shape index (κ2) is 10.8. The predicted molar refractivity (Wildman–Crippen MR) is 133 cm³/mol. The highest BCUT2D eigenvalue weighted by Gasteiger charge is 2.41. The highest BCUT2D eigenvalue weighted by Crippen LogP contribution is 2.28. The molecule has 1 fully saturated rings. The summed E-state index contributed by atoms with van der Waals surface area (Å²) in [6, 6.07) is 16.7. The summed E-state index contributed by atoms with van der Waals surface area (Å²) in [6.07, 6.45) is 3.85. The quantitative estimate of drug-likeness (QED) is 0.521. The van der Waals surface area contributed by atoms with Gasteiger partial charge in [0.1, 0.15) is 12.2 Å². The third kappa shape index (κ3) is 5.78. The summed E-state index contributed by atoms with van der Waals surface area (Å²) < 4.78 is 16.3. The number of nitrogens with one attached hydrogen (secondary N) is 1. The minimum absolute atomic E-state index is 0.00314. The van der Waals surface area contributed by atoms with Crippen LogP contribution in [0.2, 0.25) is 0 Å². The molecule has 1 aliphatic rings. The molecule has 1 saturated heterocycles.